The number of carbonyl (C=O) groups excluding carboxylic acids is 1. The van der Waals surface area contributed by atoms with E-state index in [1.54, 1.807) is 13.0 Å². The van der Waals surface area contributed by atoms with Crippen molar-refractivity contribution in [1.29, 1.82) is 0 Å². The Labute approximate surface area is 93.2 Å². The second kappa shape index (κ2) is 4.72. The molecule has 3 nitrogen and oxygen atoms in total. The summed E-state index contributed by atoms with van der Waals surface area (Å²) in [6, 6.07) is 4.34. The van der Waals surface area contributed by atoms with E-state index in [9.17, 15) is 9.18 Å². The molecule has 0 amide bonds. The van der Waals surface area contributed by atoms with Crippen molar-refractivity contribution >= 4 is 5.78 Å². The maximum atomic E-state index is 13.0. The van der Waals surface area contributed by atoms with Crippen molar-refractivity contribution in [2.24, 2.45) is 0 Å². The lowest BCUT2D eigenvalue weighted by Gasteiger charge is -2.08. The Morgan fingerprint density at radius 1 is 1.44 bits per heavy atom. The molecule has 1 saturated heterocycles. The fourth-order valence-corrected chi connectivity index (χ4v) is 1.61. The van der Waals surface area contributed by atoms with Crippen LogP contribution in [0, 0.1) is 12.7 Å². The molecule has 86 valence electrons. The van der Waals surface area contributed by atoms with Crippen molar-refractivity contribution in [3.05, 3.63) is 35.1 Å². The van der Waals surface area contributed by atoms with Crippen molar-refractivity contribution in [1.82, 2.24) is 0 Å². The lowest BCUT2D eigenvalue weighted by atomic mass is 10.1. The quantitative estimate of drug-likeness (QED) is 0.737. The van der Waals surface area contributed by atoms with E-state index in [-0.39, 0.29) is 18.0 Å². The smallest absolute Gasteiger partial charge is 0.167 e. The molecular weight excluding hydrogens is 211 g/mol. The summed E-state index contributed by atoms with van der Waals surface area (Å²) < 4.78 is 23.4. The van der Waals surface area contributed by atoms with Gasteiger partial charge in [-0.25, -0.2) is 4.39 Å². The topological polar surface area (TPSA) is 35.5 Å². The Morgan fingerprint density at radius 3 is 2.75 bits per heavy atom. The number of hydrogen-bond donors (Lipinski definition) is 0. The highest BCUT2D eigenvalue weighted by Gasteiger charge is 2.20. The molecule has 0 saturated carbocycles. The molecular formula is C12H13FO3. The number of ether oxygens (including phenoxy) is 2. The molecule has 0 atom stereocenters. The van der Waals surface area contributed by atoms with E-state index in [1.165, 1.54) is 12.1 Å². The van der Waals surface area contributed by atoms with Crippen LogP contribution in [0.1, 0.15) is 22.3 Å². The van der Waals surface area contributed by atoms with E-state index >= 15 is 0 Å². The Bertz CT molecular complexity index is 397. The van der Waals surface area contributed by atoms with Crippen molar-refractivity contribution in [3.63, 3.8) is 0 Å². The Balaban J connectivity index is 2.05. The van der Waals surface area contributed by atoms with Crippen LogP contribution in [-0.4, -0.2) is 25.3 Å². The second-order valence-corrected chi connectivity index (χ2v) is 3.76. The minimum Gasteiger partial charge on any atom is -0.350 e. The third-order valence-electron chi connectivity index (χ3n) is 2.52. The van der Waals surface area contributed by atoms with E-state index in [4.69, 9.17) is 9.47 Å². The highest BCUT2D eigenvalue weighted by atomic mass is 19.1. The van der Waals surface area contributed by atoms with Crippen molar-refractivity contribution < 1.29 is 18.7 Å². The maximum Gasteiger partial charge on any atom is 0.167 e. The lowest BCUT2D eigenvalue weighted by molar-refractivity contribution is -0.0407. The third kappa shape index (κ3) is 2.46. The van der Waals surface area contributed by atoms with Crippen LogP contribution in [0.2, 0.25) is 0 Å². The zero-order chi connectivity index (χ0) is 11.5. The molecule has 0 radical (unpaired) electrons. The predicted octanol–water partition coefficient (Wildman–Crippen LogP) is 2.08. The van der Waals surface area contributed by atoms with Crippen LogP contribution in [0.15, 0.2) is 18.2 Å². The molecule has 1 aliphatic heterocycles. The first-order valence-corrected chi connectivity index (χ1v) is 5.19. The summed E-state index contributed by atoms with van der Waals surface area (Å²) in [5, 5.41) is 0. The molecule has 1 aliphatic rings. The van der Waals surface area contributed by atoms with Gasteiger partial charge in [0, 0.05) is 5.56 Å². The largest absolute Gasteiger partial charge is 0.350 e. The van der Waals surface area contributed by atoms with Crippen LogP contribution < -0.4 is 0 Å². The molecule has 1 heterocycles. The van der Waals surface area contributed by atoms with Gasteiger partial charge < -0.3 is 9.47 Å². The first kappa shape index (κ1) is 11.2. The predicted molar refractivity (Wildman–Crippen MR) is 55.8 cm³/mol. The number of halogens is 1. The maximum absolute atomic E-state index is 13.0. The summed E-state index contributed by atoms with van der Waals surface area (Å²) in [5.41, 5.74) is 0.970. The SMILES string of the molecule is Cc1cc(C(=O)CC2OCCO2)ccc1F. The number of hydrogen-bond acceptors (Lipinski definition) is 3. The van der Waals surface area contributed by atoms with Crippen LogP contribution in [0.3, 0.4) is 0 Å². The normalized spacial score (nSPS) is 16.6. The van der Waals surface area contributed by atoms with Gasteiger partial charge >= 0.3 is 0 Å². The minimum atomic E-state index is -0.446. The number of benzene rings is 1. The molecule has 0 bridgehead atoms. The molecule has 0 spiro atoms. The van der Waals surface area contributed by atoms with Gasteiger partial charge in [-0.15, -0.1) is 0 Å². The standard InChI is InChI=1S/C12H13FO3/c1-8-6-9(2-3-10(8)13)11(14)7-12-15-4-5-16-12/h2-3,6,12H,4-5,7H2,1H3. The number of aryl methyl sites for hydroxylation is 1. The molecule has 16 heavy (non-hydrogen) atoms. The molecule has 4 heteroatoms. The molecule has 1 aromatic rings. The number of ketones is 1. The average Bonchev–Trinajstić information content (AvgIpc) is 2.74. The Morgan fingerprint density at radius 2 is 2.12 bits per heavy atom. The molecule has 0 N–H and O–H groups in total. The fraction of sp³-hybridized carbons (Fsp3) is 0.417. The van der Waals surface area contributed by atoms with Gasteiger partial charge in [0.2, 0.25) is 0 Å². The number of Topliss-reactive ketones (excluding diaryl/α,β-unsaturated/α-hetero) is 1. The van der Waals surface area contributed by atoms with E-state index in [1.807, 2.05) is 0 Å². The molecule has 0 unspecified atom stereocenters. The van der Waals surface area contributed by atoms with E-state index in [2.05, 4.69) is 0 Å². The molecule has 1 aromatic carbocycles. The molecule has 0 aromatic heterocycles. The van der Waals surface area contributed by atoms with Gasteiger partial charge in [0.15, 0.2) is 12.1 Å². The zero-order valence-corrected chi connectivity index (χ0v) is 9.03. The van der Waals surface area contributed by atoms with Crippen LogP contribution >= 0.6 is 0 Å². The van der Waals surface area contributed by atoms with Crippen LogP contribution in [-0.2, 0) is 9.47 Å². The van der Waals surface area contributed by atoms with Gasteiger partial charge in [-0.05, 0) is 30.7 Å². The average molecular weight is 224 g/mol. The van der Waals surface area contributed by atoms with E-state index in [0.717, 1.165) is 0 Å². The fourth-order valence-electron chi connectivity index (χ4n) is 1.61. The zero-order valence-electron chi connectivity index (χ0n) is 9.03. The first-order chi connectivity index (χ1) is 7.66. The summed E-state index contributed by atoms with van der Waals surface area (Å²) in [6.45, 7) is 2.69. The number of rotatable bonds is 3. The van der Waals surface area contributed by atoms with Gasteiger partial charge in [-0.3, -0.25) is 4.79 Å². The van der Waals surface area contributed by atoms with Crippen molar-refractivity contribution in [2.75, 3.05) is 13.2 Å². The van der Waals surface area contributed by atoms with E-state index < -0.39 is 6.29 Å². The summed E-state index contributed by atoms with van der Waals surface area (Å²) in [5.74, 6) is -0.389. The molecule has 1 fully saturated rings. The summed E-state index contributed by atoms with van der Waals surface area (Å²) in [6.07, 6.45) is -0.261. The monoisotopic (exact) mass is 224 g/mol. The Hall–Kier alpha value is -1.26. The van der Waals surface area contributed by atoms with Crippen LogP contribution in [0.25, 0.3) is 0 Å². The van der Waals surface area contributed by atoms with Crippen LogP contribution in [0.4, 0.5) is 4.39 Å². The third-order valence-corrected chi connectivity index (χ3v) is 2.52. The number of carbonyl (C=O) groups is 1. The van der Waals surface area contributed by atoms with Gasteiger partial charge in [-0.2, -0.15) is 0 Å². The lowest BCUT2D eigenvalue weighted by Crippen LogP contribution is -2.14. The van der Waals surface area contributed by atoms with Gasteiger partial charge in [0.05, 0.1) is 19.6 Å². The molecule has 0 aliphatic carbocycles. The second-order valence-electron chi connectivity index (χ2n) is 3.76. The Kier molecular flexibility index (Phi) is 3.31. The highest BCUT2D eigenvalue weighted by molar-refractivity contribution is 5.96. The summed E-state index contributed by atoms with van der Waals surface area (Å²) in [7, 11) is 0. The van der Waals surface area contributed by atoms with Crippen molar-refractivity contribution in [3.8, 4) is 0 Å². The summed E-state index contributed by atoms with van der Waals surface area (Å²) >= 11 is 0. The van der Waals surface area contributed by atoms with Gasteiger partial charge in [0.25, 0.3) is 0 Å². The van der Waals surface area contributed by atoms with Crippen molar-refractivity contribution in [2.45, 2.75) is 19.6 Å². The first-order valence-electron chi connectivity index (χ1n) is 5.19. The van der Waals surface area contributed by atoms with Crippen LogP contribution in [0.5, 0.6) is 0 Å². The minimum absolute atomic E-state index is 0.0880. The van der Waals surface area contributed by atoms with Gasteiger partial charge in [-0.1, -0.05) is 0 Å². The summed E-state index contributed by atoms with van der Waals surface area (Å²) in [4.78, 5) is 11.8. The molecule has 2 rings (SSSR count). The van der Waals surface area contributed by atoms with Gasteiger partial charge in [0.1, 0.15) is 5.82 Å². The highest BCUT2D eigenvalue weighted by Crippen LogP contribution is 2.15. The van der Waals surface area contributed by atoms with E-state index in [0.29, 0.717) is 24.3 Å².